The van der Waals surface area contributed by atoms with Gasteiger partial charge in [0.05, 0.1) is 25.3 Å². The smallest absolute Gasteiger partial charge is 0.326 e. The Morgan fingerprint density at radius 3 is 2.51 bits per heavy atom. The number of nitrogens with one attached hydrogen (secondary N) is 2. The van der Waals surface area contributed by atoms with E-state index in [9.17, 15) is 33.8 Å². The van der Waals surface area contributed by atoms with Gasteiger partial charge in [0.25, 0.3) is 5.91 Å². The summed E-state index contributed by atoms with van der Waals surface area (Å²) < 4.78 is 24.9. The van der Waals surface area contributed by atoms with E-state index in [0.29, 0.717) is 24.5 Å². The number of nitrogens with zero attached hydrogens (tertiary/aromatic N) is 2. The first-order chi connectivity index (χ1) is 24.5. The zero-order valence-electron chi connectivity index (χ0n) is 28.5. The molecule has 272 valence electrons. The molecule has 3 aromatic rings. The maximum atomic E-state index is 13.7. The summed E-state index contributed by atoms with van der Waals surface area (Å²) in [5.74, 6) is -1.41. The minimum absolute atomic E-state index is 0.161. The number of carbonyl (C=O) groups excluding carboxylic acids is 3. The predicted octanol–water partition coefficient (Wildman–Crippen LogP) is 3.48. The molecule has 0 radical (unpaired) electrons. The summed E-state index contributed by atoms with van der Waals surface area (Å²) in [5, 5.41) is 24.8. The average molecular weight is 723 g/mol. The van der Waals surface area contributed by atoms with Crippen LogP contribution in [0.1, 0.15) is 48.1 Å². The largest absolute Gasteiger partial charge is 0.493 e. The molecule has 0 aliphatic carbocycles. The molecule has 1 fully saturated rings. The Labute approximate surface area is 300 Å². The monoisotopic (exact) mass is 722 g/mol. The number of β-lactam (4-membered cyclic amide) rings is 1. The van der Waals surface area contributed by atoms with E-state index in [1.54, 1.807) is 41.3 Å². The molecule has 0 bridgehead atoms. The number of benzene rings is 3. The number of ether oxygens (including phenoxy) is 2. The van der Waals surface area contributed by atoms with Gasteiger partial charge in [-0.25, -0.2) is 9.18 Å². The van der Waals surface area contributed by atoms with E-state index >= 15 is 0 Å². The fourth-order valence-electron chi connectivity index (χ4n) is 5.96. The summed E-state index contributed by atoms with van der Waals surface area (Å²) in [7, 11) is 3.86. The van der Waals surface area contributed by atoms with Gasteiger partial charge >= 0.3 is 5.97 Å². The van der Waals surface area contributed by atoms with Crippen molar-refractivity contribution in [3.8, 4) is 11.5 Å². The summed E-state index contributed by atoms with van der Waals surface area (Å²) in [6, 6.07) is 16.8. The maximum Gasteiger partial charge on any atom is 0.326 e. The summed E-state index contributed by atoms with van der Waals surface area (Å²) in [4.78, 5) is 53.3. The molecular weight excluding hydrogens is 679 g/mol. The quantitative estimate of drug-likeness (QED) is 0.113. The van der Waals surface area contributed by atoms with E-state index in [-0.39, 0.29) is 24.7 Å². The molecule has 3 amide bonds. The lowest BCUT2D eigenvalue weighted by atomic mass is 9.92. The van der Waals surface area contributed by atoms with Crippen molar-refractivity contribution in [2.75, 3.05) is 51.1 Å². The van der Waals surface area contributed by atoms with Crippen molar-refractivity contribution in [2.45, 2.75) is 49.1 Å². The summed E-state index contributed by atoms with van der Waals surface area (Å²) in [6.07, 6.45) is 1.70. The average Bonchev–Trinajstić information content (AvgIpc) is 3.59. The van der Waals surface area contributed by atoms with Crippen molar-refractivity contribution in [3.05, 3.63) is 89.2 Å². The van der Waals surface area contributed by atoms with Crippen molar-refractivity contribution < 1.29 is 43.3 Å². The number of halogens is 1. The zero-order valence-corrected chi connectivity index (χ0v) is 29.4. The van der Waals surface area contributed by atoms with Gasteiger partial charge in [0.2, 0.25) is 11.8 Å². The Bertz CT molecular complexity index is 1690. The van der Waals surface area contributed by atoms with Crippen molar-refractivity contribution in [1.82, 2.24) is 15.5 Å². The first-order valence-corrected chi connectivity index (χ1v) is 17.9. The lowest BCUT2D eigenvalue weighted by molar-refractivity contribution is -0.142. The Balaban J connectivity index is 1.15. The van der Waals surface area contributed by atoms with Crippen LogP contribution in [0.25, 0.3) is 0 Å². The SMILES string of the molecule is CN(C)CCCC[C@H](NC(=O)CNC(=O)COc1ccc([C@@H]2[C@@H](SCC(O)c3ccc4c(c3)CCO4)C(=O)N2c2ccc(F)cc2)cc1)C(=O)O. The lowest BCUT2D eigenvalue weighted by Crippen LogP contribution is -2.57. The molecule has 2 aliphatic heterocycles. The standard InChI is InChI=1S/C37H43FN4O8S/c1-41(2)17-4-3-5-29(37(47)48)40-32(44)20-39-33(45)21-50-28-13-6-23(7-14-28)34-35(36(46)42(34)27-11-9-26(38)10-12-27)51-22-30(43)24-8-15-31-25(19-24)16-18-49-31/h6-15,19,29-30,34-35,43H,3-5,16-18,20-22H2,1-2H3,(H,39,45)(H,40,44)(H,47,48)/t29-,30?,34+,35+/m0/s1. The molecule has 4 atom stereocenters. The minimum atomic E-state index is -1.13. The van der Waals surface area contributed by atoms with E-state index in [0.717, 1.165) is 41.8 Å². The number of unbranched alkanes of at least 4 members (excludes halogenated alkanes) is 1. The fourth-order valence-corrected chi connectivity index (χ4v) is 7.26. The number of hydrogen-bond donors (Lipinski definition) is 4. The molecule has 0 aromatic heterocycles. The van der Waals surface area contributed by atoms with Gasteiger partial charge in [-0.3, -0.25) is 14.4 Å². The molecule has 14 heteroatoms. The second-order valence-electron chi connectivity index (χ2n) is 12.8. The Hall–Kier alpha value is -4.66. The molecule has 12 nitrogen and oxygen atoms in total. The first kappa shape index (κ1) is 37.6. The molecule has 2 aliphatic rings. The van der Waals surface area contributed by atoms with Gasteiger partial charge in [0.1, 0.15) is 28.6 Å². The van der Waals surface area contributed by atoms with Crippen molar-refractivity contribution in [1.29, 1.82) is 0 Å². The normalized spacial score (nSPS) is 17.6. The van der Waals surface area contributed by atoms with E-state index in [4.69, 9.17) is 9.47 Å². The molecule has 2 heterocycles. The van der Waals surface area contributed by atoms with E-state index in [1.165, 1.54) is 23.9 Å². The fraction of sp³-hybridized carbons (Fsp3) is 0.405. The number of fused-ring (bicyclic) bond motifs is 1. The highest BCUT2D eigenvalue weighted by Crippen LogP contribution is 2.46. The van der Waals surface area contributed by atoms with E-state index in [1.807, 2.05) is 37.2 Å². The van der Waals surface area contributed by atoms with Gasteiger partial charge in [0, 0.05) is 17.9 Å². The molecule has 51 heavy (non-hydrogen) atoms. The van der Waals surface area contributed by atoms with Crippen molar-refractivity contribution in [3.63, 3.8) is 0 Å². The molecule has 1 unspecified atom stereocenters. The minimum Gasteiger partial charge on any atom is -0.493 e. The third kappa shape index (κ3) is 9.99. The van der Waals surface area contributed by atoms with Crippen molar-refractivity contribution >= 4 is 41.1 Å². The number of carbonyl (C=O) groups is 4. The number of aliphatic hydroxyl groups is 1. The molecule has 0 spiro atoms. The number of carboxylic acids is 1. The Morgan fingerprint density at radius 2 is 1.80 bits per heavy atom. The number of carboxylic acid groups (broad SMARTS) is 1. The number of rotatable bonds is 18. The van der Waals surface area contributed by atoms with Gasteiger partial charge < -0.3 is 40.1 Å². The predicted molar refractivity (Wildman–Crippen MR) is 190 cm³/mol. The number of thioether (sulfide) groups is 1. The van der Waals surface area contributed by atoms with Gasteiger partial charge in [-0.2, -0.15) is 0 Å². The molecule has 4 N–H and O–H groups in total. The van der Waals surface area contributed by atoms with Crippen LogP contribution in [0.15, 0.2) is 66.7 Å². The zero-order chi connectivity index (χ0) is 36.5. The topological polar surface area (TPSA) is 158 Å². The van der Waals surface area contributed by atoms with Crippen LogP contribution in [0.2, 0.25) is 0 Å². The number of aliphatic hydroxyl groups excluding tert-OH is 1. The van der Waals surface area contributed by atoms with Crippen LogP contribution in [-0.4, -0.2) is 96.2 Å². The first-order valence-electron chi connectivity index (χ1n) is 16.8. The molecule has 5 rings (SSSR count). The number of hydrogen-bond acceptors (Lipinski definition) is 9. The van der Waals surface area contributed by atoms with Crippen LogP contribution in [0.3, 0.4) is 0 Å². The van der Waals surface area contributed by atoms with Crippen LogP contribution < -0.4 is 25.0 Å². The highest BCUT2D eigenvalue weighted by molar-refractivity contribution is 8.00. The Morgan fingerprint density at radius 1 is 1.06 bits per heavy atom. The van der Waals surface area contributed by atoms with E-state index < -0.39 is 53.6 Å². The van der Waals surface area contributed by atoms with Gasteiger partial charge in [-0.1, -0.05) is 18.2 Å². The van der Waals surface area contributed by atoms with Crippen LogP contribution >= 0.6 is 11.8 Å². The third-order valence-electron chi connectivity index (χ3n) is 8.70. The molecular formula is C37H43FN4O8S. The molecule has 1 saturated heterocycles. The maximum absolute atomic E-state index is 13.7. The van der Waals surface area contributed by atoms with Gasteiger partial charge in [-0.05, 0) is 105 Å². The second kappa shape index (κ2) is 17.5. The highest BCUT2D eigenvalue weighted by atomic mass is 32.2. The molecule has 0 saturated carbocycles. The lowest BCUT2D eigenvalue weighted by Gasteiger charge is -2.47. The summed E-state index contributed by atoms with van der Waals surface area (Å²) in [5.41, 5.74) is 3.13. The molecule has 3 aromatic carbocycles. The van der Waals surface area contributed by atoms with Crippen LogP contribution in [-0.2, 0) is 25.6 Å². The number of amides is 3. The van der Waals surface area contributed by atoms with Crippen molar-refractivity contribution in [2.24, 2.45) is 0 Å². The second-order valence-corrected chi connectivity index (χ2v) is 13.9. The van der Waals surface area contributed by atoms with Gasteiger partial charge in [-0.15, -0.1) is 11.8 Å². The van der Waals surface area contributed by atoms with Crippen LogP contribution in [0, 0.1) is 5.82 Å². The summed E-state index contributed by atoms with van der Waals surface area (Å²) >= 11 is 1.35. The summed E-state index contributed by atoms with van der Waals surface area (Å²) in [6.45, 7) is 0.650. The van der Waals surface area contributed by atoms with Gasteiger partial charge in [0.15, 0.2) is 6.61 Å². The third-order valence-corrected chi connectivity index (χ3v) is 10.0. The number of aliphatic carboxylic acids is 1. The number of anilines is 1. The highest BCUT2D eigenvalue weighted by Gasteiger charge is 2.49. The van der Waals surface area contributed by atoms with Crippen LogP contribution in [0.5, 0.6) is 11.5 Å². The van der Waals surface area contributed by atoms with Crippen LogP contribution in [0.4, 0.5) is 10.1 Å². The Kier molecular flexibility index (Phi) is 12.9. The van der Waals surface area contributed by atoms with E-state index in [2.05, 4.69) is 10.6 Å².